The number of carbonyl (C=O) groups excluding carboxylic acids is 7. The summed E-state index contributed by atoms with van der Waals surface area (Å²) in [6.45, 7) is 10.9. The molecule has 7 atom stereocenters. The first-order valence-electron chi connectivity index (χ1n) is 16.8. The van der Waals surface area contributed by atoms with Gasteiger partial charge in [0.15, 0.2) is 0 Å². The van der Waals surface area contributed by atoms with Crippen molar-refractivity contribution in [2.75, 3.05) is 13.1 Å². The van der Waals surface area contributed by atoms with Crippen molar-refractivity contribution < 1.29 is 38.7 Å². The van der Waals surface area contributed by atoms with E-state index in [-0.39, 0.29) is 18.8 Å². The third-order valence-corrected chi connectivity index (χ3v) is 8.24. The number of amides is 7. The number of rotatable bonds is 8. The zero-order valence-corrected chi connectivity index (χ0v) is 29.4. The summed E-state index contributed by atoms with van der Waals surface area (Å²) in [5, 5.41) is 28.4. The molecule has 8 N–H and O–H groups in total. The SMILES string of the molecule is CCC(C)C1NC(=O)C(C(C)O)NC(=O)CNC(=O)C(Cc2ccccc2)NC(=O)C(C(C)C)NC(=O)CNC(=O)C(CC(C)C)NC1=O. The largest absolute Gasteiger partial charge is 0.391 e. The van der Waals surface area contributed by atoms with E-state index >= 15 is 0 Å². The van der Waals surface area contributed by atoms with Crippen LogP contribution in [0.1, 0.15) is 66.9 Å². The summed E-state index contributed by atoms with van der Waals surface area (Å²) in [5.74, 6) is -5.87. The van der Waals surface area contributed by atoms with E-state index in [0.717, 1.165) is 0 Å². The molecule has 0 spiro atoms. The molecule has 7 unspecified atom stereocenters. The Balaban J connectivity index is 2.50. The third kappa shape index (κ3) is 13.1. The fourth-order valence-electron chi connectivity index (χ4n) is 5.20. The number of carbonyl (C=O) groups is 7. The Labute approximate surface area is 287 Å². The molecule has 0 bridgehead atoms. The zero-order valence-electron chi connectivity index (χ0n) is 29.4. The van der Waals surface area contributed by atoms with Crippen LogP contribution >= 0.6 is 0 Å². The Kier molecular flexibility index (Phi) is 16.1. The van der Waals surface area contributed by atoms with Gasteiger partial charge in [-0.2, -0.15) is 0 Å². The van der Waals surface area contributed by atoms with Gasteiger partial charge in [-0.1, -0.05) is 78.3 Å². The first-order valence-corrected chi connectivity index (χ1v) is 16.8. The highest BCUT2D eigenvalue weighted by Gasteiger charge is 2.35. The van der Waals surface area contributed by atoms with E-state index in [1.807, 2.05) is 20.8 Å². The summed E-state index contributed by atoms with van der Waals surface area (Å²) < 4.78 is 0. The van der Waals surface area contributed by atoms with Gasteiger partial charge >= 0.3 is 0 Å². The monoisotopic (exact) mass is 687 g/mol. The lowest BCUT2D eigenvalue weighted by Crippen LogP contribution is -2.61. The van der Waals surface area contributed by atoms with Gasteiger partial charge in [0, 0.05) is 6.42 Å². The Morgan fingerprint density at radius 3 is 1.63 bits per heavy atom. The van der Waals surface area contributed by atoms with Gasteiger partial charge in [-0.15, -0.1) is 0 Å². The first kappa shape index (κ1) is 40.6. The summed E-state index contributed by atoms with van der Waals surface area (Å²) >= 11 is 0. The lowest BCUT2D eigenvalue weighted by molar-refractivity contribution is -0.136. The van der Waals surface area contributed by atoms with Crippen molar-refractivity contribution in [1.29, 1.82) is 0 Å². The molecule has 1 heterocycles. The van der Waals surface area contributed by atoms with Gasteiger partial charge in [-0.25, -0.2) is 0 Å². The van der Waals surface area contributed by atoms with Crippen molar-refractivity contribution in [1.82, 2.24) is 37.2 Å². The normalized spacial score (nSPS) is 25.4. The highest BCUT2D eigenvalue weighted by Crippen LogP contribution is 2.12. The summed E-state index contributed by atoms with van der Waals surface area (Å²) in [4.78, 5) is 93.0. The zero-order chi connectivity index (χ0) is 36.8. The van der Waals surface area contributed by atoms with Gasteiger partial charge in [0.05, 0.1) is 19.2 Å². The highest BCUT2D eigenvalue weighted by atomic mass is 16.3. The topological polar surface area (TPSA) is 224 Å². The standard InChI is InChI=1S/C34H53N7O8/c1-8-20(6)28-33(48)37-23(14-18(2)3)30(45)35-16-25(43)39-27(19(4)5)32(47)38-24(15-22-12-10-9-11-13-22)31(46)36-17-26(44)40-29(21(7)42)34(49)41-28/h9-13,18-21,23-24,27-29,42H,8,14-17H2,1-7H3,(H,35,45)(H,36,46)(H,37,48)(H,38,47)(H,39,43)(H,40,44)(H,41,49). The number of nitrogens with one attached hydrogen (secondary N) is 7. The van der Waals surface area contributed by atoms with E-state index in [1.54, 1.807) is 51.1 Å². The van der Waals surface area contributed by atoms with E-state index in [1.165, 1.54) is 6.92 Å². The van der Waals surface area contributed by atoms with Gasteiger partial charge in [0.1, 0.15) is 30.2 Å². The van der Waals surface area contributed by atoms with Crippen LogP contribution in [0.5, 0.6) is 0 Å². The second kappa shape index (κ2) is 19.5. The third-order valence-electron chi connectivity index (χ3n) is 8.24. The Hall–Kier alpha value is -4.53. The summed E-state index contributed by atoms with van der Waals surface area (Å²) in [6, 6.07) is 2.92. The van der Waals surface area contributed by atoms with Crippen LogP contribution in [-0.2, 0) is 40.0 Å². The van der Waals surface area contributed by atoms with Crippen molar-refractivity contribution in [2.45, 2.75) is 104 Å². The molecule has 1 saturated heterocycles. The Morgan fingerprint density at radius 2 is 1.12 bits per heavy atom. The fourth-order valence-corrected chi connectivity index (χ4v) is 5.20. The maximum atomic E-state index is 13.5. The molecule has 0 aliphatic carbocycles. The number of hydrogen-bond acceptors (Lipinski definition) is 8. The molecule has 1 fully saturated rings. The van der Waals surface area contributed by atoms with Crippen LogP contribution in [0.4, 0.5) is 0 Å². The van der Waals surface area contributed by atoms with Crippen molar-refractivity contribution in [3.63, 3.8) is 0 Å². The van der Waals surface area contributed by atoms with E-state index in [9.17, 15) is 38.7 Å². The minimum absolute atomic E-state index is 0.0417. The summed E-state index contributed by atoms with van der Waals surface area (Å²) in [6.07, 6.45) is -0.647. The van der Waals surface area contributed by atoms with Gasteiger partial charge in [-0.3, -0.25) is 33.6 Å². The maximum Gasteiger partial charge on any atom is 0.245 e. The fraction of sp³-hybridized carbons (Fsp3) is 0.618. The molecule has 2 rings (SSSR count). The molecule has 7 amide bonds. The molecule has 272 valence electrons. The smallest absolute Gasteiger partial charge is 0.245 e. The molecule has 0 radical (unpaired) electrons. The van der Waals surface area contributed by atoms with Gasteiger partial charge in [-0.05, 0) is 36.7 Å². The lowest BCUT2D eigenvalue weighted by Gasteiger charge is -2.29. The first-order chi connectivity index (χ1) is 23.0. The van der Waals surface area contributed by atoms with Crippen molar-refractivity contribution in [3.8, 4) is 0 Å². The van der Waals surface area contributed by atoms with Crippen molar-refractivity contribution in [2.24, 2.45) is 17.8 Å². The molecule has 1 aromatic carbocycles. The molecular weight excluding hydrogens is 634 g/mol. The molecule has 49 heavy (non-hydrogen) atoms. The van der Waals surface area contributed by atoms with E-state index < -0.39 is 103 Å². The number of aliphatic hydroxyl groups is 1. The van der Waals surface area contributed by atoms with Crippen LogP contribution in [0.25, 0.3) is 0 Å². The minimum atomic E-state index is -1.49. The van der Waals surface area contributed by atoms with Crippen LogP contribution in [0.3, 0.4) is 0 Å². The second-order valence-corrected chi connectivity index (χ2v) is 13.3. The summed E-state index contributed by atoms with van der Waals surface area (Å²) in [7, 11) is 0. The summed E-state index contributed by atoms with van der Waals surface area (Å²) in [5.41, 5.74) is 0.714. The van der Waals surface area contributed by atoms with Crippen LogP contribution in [-0.4, -0.2) is 95.9 Å². The lowest BCUT2D eigenvalue weighted by atomic mass is 9.96. The van der Waals surface area contributed by atoms with Crippen LogP contribution in [0, 0.1) is 17.8 Å². The van der Waals surface area contributed by atoms with Gasteiger partial charge < -0.3 is 42.3 Å². The highest BCUT2D eigenvalue weighted by molar-refractivity contribution is 5.97. The van der Waals surface area contributed by atoms with Gasteiger partial charge in [0.2, 0.25) is 41.4 Å². The molecule has 15 nitrogen and oxygen atoms in total. The number of benzene rings is 1. The molecule has 1 aliphatic rings. The molecule has 0 aromatic heterocycles. The van der Waals surface area contributed by atoms with E-state index in [0.29, 0.717) is 12.0 Å². The molecule has 1 aliphatic heterocycles. The van der Waals surface area contributed by atoms with E-state index in [4.69, 9.17) is 0 Å². The van der Waals surface area contributed by atoms with Crippen molar-refractivity contribution in [3.05, 3.63) is 35.9 Å². The van der Waals surface area contributed by atoms with Gasteiger partial charge in [0.25, 0.3) is 0 Å². The number of aliphatic hydroxyl groups excluding tert-OH is 1. The second-order valence-electron chi connectivity index (χ2n) is 13.3. The number of hydrogen-bond donors (Lipinski definition) is 8. The average molecular weight is 688 g/mol. The van der Waals surface area contributed by atoms with E-state index in [2.05, 4.69) is 37.2 Å². The van der Waals surface area contributed by atoms with Crippen LogP contribution in [0.2, 0.25) is 0 Å². The Bertz CT molecular complexity index is 1320. The quantitative estimate of drug-likeness (QED) is 0.169. The molecule has 1 aromatic rings. The van der Waals surface area contributed by atoms with Crippen LogP contribution in [0.15, 0.2) is 30.3 Å². The molecular formula is C34H53N7O8. The predicted octanol–water partition coefficient (Wildman–Crippen LogP) is -0.972. The molecule has 0 saturated carbocycles. The minimum Gasteiger partial charge on any atom is -0.391 e. The predicted molar refractivity (Wildman–Crippen MR) is 181 cm³/mol. The van der Waals surface area contributed by atoms with Crippen LogP contribution < -0.4 is 37.2 Å². The maximum absolute atomic E-state index is 13.5. The average Bonchev–Trinajstić information content (AvgIpc) is 3.04. The molecule has 15 heteroatoms. The van der Waals surface area contributed by atoms with Crippen molar-refractivity contribution >= 4 is 41.4 Å². The Morgan fingerprint density at radius 1 is 0.633 bits per heavy atom.